The lowest BCUT2D eigenvalue weighted by atomic mass is 10.3. The minimum atomic E-state index is 0.381. The summed E-state index contributed by atoms with van der Waals surface area (Å²) in [5, 5.41) is 0. The fourth-order valence-electron chi connectivity index (χ4n) is 1.36. The molecule has 0 amide bonds. The lowest BCUT2D eigenvalue weighted by molar-refractivity contribution is 0.176. The number of anilines is 1. The number of hydrogen-bond donors (Lipinski definition) is 1. The second-order valence-corrected chi connectivity index (χ2v) is 3.44. The molecule has 0 bridgehead atoms. The number of benzene rings is 1. The molecular weight excluding hydrogens is 216 g/mol. The van der Waals surface area contributed by atoms with Gasteiger partial charge in [0.25, 0.3) is 0 Å². The molecule has 1 N–H and O–H groups in total. The van der Waals surface area contributed by atoms with Crippen molar-refractivity contribution in [3.05, 3.63) is 54.4 Å². The summed E-state index contributed by atoms with van der Waals surface area (Å²) in [7, 11) is 1.63. The molecule has 0 aliphatic heterocycles. The monoisotopic (exact) mass is 230 g/mol. The van der Waals surface area contributed by atoms with E-state index in [-0.39, 0.29) is 0 Å². The van der Waals surface area contributed by atoms with Crippen molar-refractivity contribution in [3.63, 3.8) is 0 Å². The van der Waals surface area contributed by atoms with Gasteiger partial charge >= 0.3 is 0 Å². The standard InChI is InChI=1S/C13H14N2O2/c1-16-13-7-8-14-12(9-13)10-17-15-11-5-3-2-4-6-11/h2-9,15H,10H2,1H3. The van der Waals surface area contributed by atoms with Crippen LogP contribution in [0.5, 0.6) is 5.75 Å². The molecule has 0 saturated carbocycles. The van der Waals surface area contributed by atoms with Gasteiger partial charge in [0, 0.05) is 12.3 Å². The molecule has 0 spiro atoms. The first-order valence-electron chi connectivity index (χ1n) is 5.30. The van der Waals surface area contributed by atoms with Gasteiger partial charge in [-0.25, -0.2) is 0 Å². The Balaban J connectivity index is 1.86. The molecule has 0 saturated heterocycles. The summed E-state index contributed by atoms with van der Waals surface area (Å²) in [5.74, 6) is 0.776. The molecule has 4 heteroatoms. The highest BCUT2D eigenvalue weighted by atomic mass is 16.6. The van der Waals surface area contributed by atoms with E-state index in [4.69, 9.17) is 9.57 Å². The summed E-state index contributed by atoms with van der Waals surface area (Å²) < 4.78 is 5.10. The van der Waals surface area contributed by atoms with Gasteiger partial charge in [0.05, 0.1) is 18.5 Å². The Morgan fingerprint density at radius 3 is 2.76 bits per heavy atom. The summed E-state index contributed by atoms with van der Waals surface area (Å²) in [4.78, 5) is 9.51. The first-order valence-corrected chi connectivity index (χ1v) is 5.30. The number of methoxy groups -OCH3 is 1. The number of para-hydroxylation sites is 1. The third kappa shape index (κ3) is 3.46. The summed E-state index contributed by atoms with van der Waals surface area (Å²) in [5.41, 5.74) is 4.57. The Morgan fingerprint density at radius 1 is 1.18 bits per heavy atom. The zero-order chi connectivity index (χ0) is 11.9. The Hall–Kier alpha value is -2.07. The lowest BCUT2D eigenvalue weighted by Crippen LogP contribution is -2.02. The molecular formula is C13H14N2O2. The van der Waals surface area contributed by atoms with Gasteiger partial charge in [-0.05, 0) is 18.2 Å². The predicted octanol–water partition coefficient (Wildman–Crippen LogP) is 2.63. The topological polar surface area (TPSA) is 43.4 Å². The zero-order valence-corrected chi connectivity index (χ0v) is 9.59. The SMILES string of the molecule is COc1ccnc(CONc2ccccc2)c1. The van der Waals surface area contributed by atoms with Crippen molar-refractivity contribution in [2.24, 2.45) is 0 Å². The van der Waals surface area contributed by atoms with Crippen LogP contribution >= 0.6 is 0 Å². The van der Waals surface area contributed by atoms with Crippen molar-refractivity contribution in [2.75, 3.05) is 12.6 Å². The van der Waals surface area contributed by atoms with E-state index < -0.39 is 0 Å². The van der Waals surface area contributed by atoms with Crippen LogP contribution in [0.3, 0.4) is 0 Å². The Kier molecular flexibility index (Phi) is 3.94. The van der Waals surface area contributed by atoms with Crippen LogP contribution in [0, 0.1) is 0 Å². The second kappa shape index (κ2) is 5.86. The van der Waals surface area contributed by atoms with Crippen molar-refractivity contribution in [3.8, 4) is 5.75 Å². The minimum Gasteiger partial charge on any atom is -0.497 e. The van der Waals surface area contributed by atoms with Crippen LogP contribution in [0.4, 0.5) is 5.69 Å². The number of hydrogen-bond acceptors (Lipinski definition) is 4. The number of nitrogens with one attached hydrogen (secondary N) is 1. The molecule has 88 valence electrons. The third-order valence-corrected chi connectivity index (χ3v) is 2.21. The maximum absolute atomic E-state index is 5.34. The van der Waals surface area contributed by atoms with Crippen LogP contribution in [-0.4, -0.2) is 12.1 Å². The molecule has 0 aliphatic carbocycles. The highest BCUT2D eigenvalue weighted by Crippen LogP contribution is 2.11. The van der Waals surface area contributed by atoms with E-state index in [1.165, 1.54) is 0 Å². The Labute approximate surface area is 100 Å². The van der Waals surface area contributed by atoms with Gasteiger partial charge in [0.15, 0.2) is 0 Å². The molecule has 0 fully saturated rings. The van der Waals surface area contributed by atoms with E-state index >= 15 is 0 Å². The zero-order valence-electron chi connectivity index (χ0n) is 9.59. The number of rotatable bonds is 5. The van der Waals surface area contributed by atoms with Crippen LogP contribution in [0.2, 0.25) is 0 Å². The van der Waals surface area contributed by atoms with E-state index in [9.17, 15) is 0 Å². The second-order valence-electron chi connectivity index (χ2n) is 3.44. The molecule has 2 rings (SSSR count). The van der Waals surface area contributed by atoms with Gasteiger partial charge in [0.1, 0.15) is 12.4 Å². The molecule has 17 heavy (non-hydrogen) atoms. The average Bonchev–Trinajstić information content (AvgIpc) is 2.40. The first-order chi connectivity index (χ1) is 8.38. The number of nitrogens with zero attached hydrogens (tertiary/aromatic N) is 1. The lowest BCUT2D eigenvalue weighted by Gasteiger charge is -2.07. The first kappa shape index (κ1) is 11.4. The van der Waals surface area contributed by atoms with Crippen molar-refractivity contribution < 1.29 is 9.57 Å². The van der Waals surface area contributed by atoms with Gasteiger partial charge in [-0.1, -0.05) is 18.2 Å². The largest absolute Gasteiger partial charge is 0.497 e. The Bertz CT molecular complexity index is 460. The summed E-state index contributed by atoms with van der Waals surface area (Å²) in [6.45, 7) is 0.381. The van der Waals surface area contributed by atoms with E-state index in [1.54, 1.807) is 19.4 Å². The van der Waals surface area contributed by atoms with Crippen LogP contribution in [0.1, 0.15) is 5.69 Å². The van der Waals surface area contributed by atoms with Crippen molar-refractivity contribution in [1.82, 2.24) is 4.98 Å². The molecule has 2 aromatic rings. The highest BCUT2D eigenvalue weighted by molar-refractivity contribution is 5.40. The molecule has 0 unspecified atom stereocenters. The van der Waals surface area contributed by atoms with E-state index in [0.29, 0.717) is 6.61 Å². The van der Waals surface area contributed by atoms with E-state index in [2.05, 4.69) is 10.5 Å². The van der Waals surface area contributed by atoms with Gasteiger partial charge in [-0.3, -0.25) is 15.3 Å². The molecule has 4 nitrogen and oxygen atoms in total. The maximum Gasteiger partial charge on any atom is 0.122 e. The summed E-state index contributed by atoms with van der Waals surface area (Å²) >= 11 is 0. The highest BCUT2D eigenvalue weighted by Gasteiger charge is 1.97. The molecule has 1 aromatic heterocycles. The number of aromatic nitrogens is 1. The van der Waals surface area contributed by atoms with Crippen molar-refractivity contribution >= 4 is 5.69 Å². The predicted molar refractivity (Wildman–Crippen MR) is 65.6 cm³/mol. The quantitative estimate of drug-likeness (QED) is 0.802. The van der Waals surface area contributed by atoms with Crippen molar-refractivity contribution in [2.45, 2.75) is 6.61 Å². The normalized spacial score (nSPS) is 9.94. The van der Waals surface area contributed by atoms with E-state index in [0.717, 1.165) is 17.1 Å². The van der Waals surface area contributed by atoms with Gasteiger partial charge in [-0.2, -0.15) is 0 Å². The molecule has 1 aromatic carbocycles. The van der Waals surface area contributed by atoms with Crippen molar-refractivity contribution in [1.29, 1.82) is 0 Å². The smallest absolute Gasteiger partial charge is 0.122 e. The average molecular weight is 230 g/mol. The minimum absolute atomic E-state index is 0.381. The molecule has 0 atom stereocenters. The summed E-state index contributed by atoms with van der Waals surface area (Å²) in [6.07, 6.45) is 1.69. The fraction of sp³-hybridized carbons (Fsp3) is 0.154. The van der Waals surface area contributed by atoms with Crippen LogP contribution < -0.4 is 10.2 Å². The molecule has 1 heterocycles. The van der Waals surface area contributed by atoms with E-state index in [1.807, 2.05) is 36.4 Å². The number of pyridine rings is 1. The maximum atomic E-state index is 5.34. The molecule has 0 radical (unpaired) electrons. The van der Waals surface area contributed by atoms with Crippen LogP contribution in [0.25, 0.3) is 0 Å². The fourth-order valence-corrected chi connectivity index (χ4v) is 1.36. The van der Waals surface area contributed by atoms with Gasteiger partial charge < -0.3 is 4.74 Å². The van der Waals surface area contributed by atoms with Gasteiger partial charge in [-0.15, -0.1) is 0 Å². The van der Waals surface area contributed by atoms with Gasteiger partial charge in [0.2, 0.25) is 0 Å². The van der Waals surface area contributed by atoms with Crippen LogP contribution in [0.15, 0.2) is 48.7 Å². The number of ether oxygens (including phenoxy) is 1. The summed E-state index contributed by atoms with van der Waals surface area (Å²) in [6, 6.07) is 13.3. The third-order valence-electron chi connectivity index (χ3n) is 2.21. The van der Waals surface area contributed by atoms with Crippen LogP contribution in [-0.2, 0) is 11.4 Å². The molecule has 0 aliphatic rings. The Morgan fingerprint density at radius 2 is 2.00 bits per heavy atom.